The van der Waals surface area contributed by atoms with Crippen LogP contribution in [0.25, 0.3) is 0 Å². The van der Waals surface area contributed by atoms with Gasteiger partial charge in [-0.25, -0.2) is 0 Å². The standard InChI is InChI=1S/C13H20N2O/c1-2-3-7-10-14-13(16)11-15-12-8-5-4-6-9-12/h4-6,8-9,15H,2-3,7,10-11H2,1H3,(H,14,16). The number of anilines is 1. The first-order valence-electron chi connectivity index (χ1n) is 5.88. The second-order valence-electron chi connectivity index (χ2n) is 3.78. The molecule has 1 amide bonds. The number of hydrogen-bond acceptors (Lipinski definition) is 2. The highest BCUT2D eigenvalue weighted by Gasteiger charge is 1.99. The Labute approximate surface area is 97.2 Å². The molecule has 16 heavy (non-hydrogen) atoms. The molecule has 0 spiro atoms. The SMILES string of the molecule is CCCCCNC(=O)CNc1ccccc1. The summed E-state index contributed by atoms with van der Waals surface area (Å²) in [6, 6.07) is 9.74. The Morgan fingerprint density at radius 1 is 1.19 bits per heavy atom. The Bertz CT molecular complexity index is 298. The van der Waals surface area contributed by atoms with Crippen molar-refractivity contribution in [1.82, 2.24) is 5.32 Å². The van der Waals surface area contributed by atoms with Gasteiger partial charge in [0.15, 0.2) is 0 Å². The van der Waals surface area contributed by atoms with E-state index in [2.05, 4.69) is 17.6 Å². The summed E-state index contributed by atoms with van der Waals surface area (Å²) in [4.78, 5) is 11.4. The lowest BCUT2D eigenvalue weighted by atomic mass is 10.2. The summed E-state index contributed by atoms with van der Waals surface area (Å²) in [6.45, 7) is 3.28. The third kappa shape index (κ3) is 5.39. The summed E-state index contributed by atoms with van der Waals surface area (Å²) >= 11 is 0. The van der Waals surface area contributed by atoms with E-state index in [0.29, 0.717) is 6.54 Å². The first kappa shape index (κ1) is 12.6. The maximum absolute atomic E-state index is 11.4. The zero-order valence-electron chi connectivity index (χ0n) is 9.83. The van der Waals surface area contributed by atoms with E-state index in [9.17, 15) is 4.79 Å². The Kier molecular flexibility index (Phi) is 6.07. The highest BCUT2D eigenvalue weighted by atomic mass is 16.1. The number of para-hydroxylation sites is 1. The monoisotopic (exact) mass is 220 g/mol. The summed E-state index contributed by atoms with van der Waals surface area (Å²) in [5.74, 6) is 0.0555. The molecule has 0 aliphatic rings. The van der Waals surface area contributed by atoms with Crippen molar-refractivity contribution in [2.75, 3.05) is 18.4 Å². The fraction of sp³-hybridized carbons (Fsp3) is 0.462. The van der Waals surface area contributed by atoms with E-state index in [1.165, 1.54) is 12.8 Å². The lowest BCUT2D eigenvalue weighted by Crippen LogP contribution is -2.30. The van der Waals surface area contributed by atoms with Gasteiger partial charge in [0.05, 0.1) is 6.54 Å². The number of hydrogen-bond donors (Lipinski definition) is 2. The van der Waals surface area contributed by atoms with E-state index >= 15 is 0 Å². The van der Waals surface area contributed by atoms with E-state index in [4.69, 9.17) is 0 Å². The molecule has 1 rings (SSSR count). The van der Waals surface area contributed by atoms with E-state index in [0.717, 1.165) is 18.7 Å². The van der Waals surface area contributed by atoms with Gasteiger partial charge in [0.1, 0.15) is 0 Å². The van der Waals surface area contributed by atoms with Crippen LogP contribution in [0.5, 0.6) is 0 Å². The first-order valence-corrected chi connectivity index (χ1v) is 5.88. The Morgan fingerprint density at radius 2 is 1.94 bits per heavy atom. The van der Waals surface area contributed by atoms with Crippen LogP contribution >= 0.6 is 0 Å². The molecule has 0 radical (unpaired) electrons. The van der Waals surface area contributed by atoms with Gasteiger partial charge in [-0.1, -0.05) is 38.0 Å². The van der Waals surface area contributed by atoms with Crippen LogP contribution in [0.4, 0.5) is 5.69 Å². The molecule has 0 fully saturated rings. The average Bonchev–Trinajstić information content (AvgIpc) is 2.33. The Morgan fingerprint density at radius 3 is 2.62 bits per heavy atom. The minimum atomic E-state index is 0.0555. The van der Waals surface area contributed by atoms with Crippen LogP contribution in [-0.4, -0.2) is 19.0 Å². The summed E-state index contributed by atoms with van der Waals surface area (Å²) in [6.07, 6.45) is 3.41. The molecule has 1 aromatic rings. The molecule has 0 unspecified atom stereocenters. The molecular formula is C13H20N2O. The number of carbonyl (C=O) groups excluding carboxylic acids is 1. The summed E-state index contributed by atoms with van der Waals surface area (Å²) in [5.41, 5.74) is 0.978. The van der Waals surface area contributed by atoms with E-state index in [1.54, 1.807) is 0 Å². The summed E-state index contributed by atoms with van der Waals surface area (Å²) < 4.78 is 0. The predicted octanol–water partition coefficient (Wildman–Crippen LogP) is 2.40. The second-order valence-corrected chi connectivity index (χ2v) is 3.78. The number of nitrogens with one attached hydrogen (secondary N) is 2. The minimum absolute atomic E-state index is 0.0555. The van der Waals surface area contributed by atoms with Crippen LogP contribution in [0.1, 0.15) is 26.2 Å². The van der Waals surface area contributed by atoms with Gasteiger partial charge in [-0.3, -0.25) is 4.79 Å². The molecule has 3 nitrogen and oxygen atoms in total. The molecule has 3 heteroatoms. The molecule has 0 aliphatic heterocycles. The van der Waals surface area contributed by atoms with Crippen molar-refractivity contribution in [3.8, 4) is 0 Å². The summed E-state index contributed by atoms with van der Waals surface area (Å²) in [7, 11) is 0. The van der Waals surface area contributed by atoms with E-state index in [1.807, 2.05) is 30.3 Å². The molecule has 0 saturated carbocycles. The summed E-state index contributed by atoms with van der Waals surface area (Å²) in [5, 5.41) is 5.96. The lowest BCUT2D eigenvalue weighted by Gasteiger charge is -2.07. The van der Waals surface area contributed by atoms with Crippen LogP contribution in [0.3, 0.4) is 0 Å². The Hall–Kier alpha value is -1.51. The van der Waals surface area contributed by atoms with Crippen molar-refractivity contribution in [2.24, 2.45) is 0 Å². The number of amides is 1. The normalized spacial score (nSPS) is 9.81. The molecule has 2 N–H and O–H groups in total. The topological polar surface area (TPSA) is 41.1 Å². The van der Waals surface area contributed by atoms with E-state index < -0.39 is 0 Å². The molecule has 88 valence electrons. The largest absolute Gasteiger partial charge is 0.376 e. The average molecular weight is 220 g/mol. The van der Waals surface area contributed by atoms with Gasteiger partial charge in [-0.05, 0) is 18.6 Å². The molecule has 0 aliphatic carbocycles. The predicted molar refractivity (Wildman–Crippen MR) is 67.5 cm³/mol. The number of unbranched alkanes of at least 4 members (excludes halogenated alkanes) is 2. The maximum atomic E-state index is 11.4. The van der Waals surface area contributed by atoms with Gasteiger partial charge in [0.25, 0.3) is 0 Å². The quantitative estimate of drug-likeness (QED) is 0.693. The van der Waals surface area contributed by atoms with Gasteiger partial charge < -0.3 is 10.6 Å². The maximum Gasteiger partial charge on any atom is 0.239 e. The zero-order valence-corrected chi connectivity index (χ0v) is 9.83. The molecule has 0 aromatic heterocycles. The van der Waals surface area contributed by atoms with E-state index in [-0.39, 0.29) is 5.91 Å². The molecule has 0 heterocycles. The molecule has 1 aromatic carbocycles. The smallest absolute Gasteiger partial charge is 0.239 e. The third-order valence-electron chi connectivity index (χ3n) is 2.33. The first-order chi connectivity index (χ1) is 7.83. The van der Waals surface area contributed by atoms with Gasteiger partial charge in [-0.2, -0.15) is 0 Å². The number of rotatable bonds is 7. The minimum Gasteiger partial charge on any atom is -0.376 e. The number of carbonyl (C=O) groups is 1. The molecule has 0 atom stereocenters. The van der Waals surface area contributed by atoms with Crippen LogP contribution in [0.15, 0.2) is 30.3 Å². The zero-order chi connectivity index (χ0) is 11.6. The van der Waals surface area contributed by atoms with Gasteiger partial charge in [0.2, 0.25) is 5.91 Å². The van der Waals surface area contributed by atoms with Gasteiger partial charge in [-0.15, -0.1) is 0 Å². The fourth-order valence-electron chi connectivity index (χ4n) is 1.40. The Balaban J connectivity index is 2.11. The van der Waals surface area contributed by atoms with Gasteiger partial charge in [0, 0.05) is 12.2 Å². The van der Waals surface area contributed by atoms with Crippen molar-refractivity contribution in [3.63, 3.8) is 0 Å². The second kappa shape index (κ2) is 7.74. The van der Waals surface area contributed by atoms with Crippen molar-refractivity contribution in [3.05, 3.63) is 30.3 Å². The lowest BCUT2D eigenvalue weighted by molar-refractivity contribution is -0.119. The molecular weight excluding hydrogens is 200 g/mol. The van der Waals surface area contributed by atoms with Crippen molar-refractivity contribution in [1.29, 1.82) is 0 Å². The van der Waals surface area contributed by atoms with Crippen LogP contribution in [0, 0.1) is 0 Å². The number of benzene rings is 1. The van der Waals surface area contributed by atoms with Crippen LogP contribution in [0.2, 0.25) is 0 Å². The third-order valence-corrected chi connectivity index (χ3v) is 2.33. The fourth-order valence-corrected chi connectivity index (χ4v) is 1.40. The van der Waals surface area contributed by atoms with Crippen molar-refractivity contribution >= 4 is 11.6 Å². The van der Waals surface area contributed by atoms with Crippen molar-refractivity contribution < 1.29 is 4.79 Å². The highest BCUT2D eigenvalue weighted by molar-refractivity contribution is 5.80. The van der Waals surface area contributed by atoms with Crippen LogP contribution < -0.4 is 10.6 Å². The highest BCUT2D eigenvalue weighted by Crippen LogP contribution is 2.03. The van der Waals surface area contributed by atoms with Crippen molar-refractivity contribution in [2.45, 2.75) is 26.2 Å². The molecule has 0 bridgehead atoms. The van der Waals surface area contributed by atoms with Crippen LogP contribution in [-0.2, 0) is 4.79 Å². The van der Waals surface area contributed by atoms with Gasteiger partial charge >= 0.3 is 0 Å². The molecule has 0 saturated heterocycles.